The van der Waals surface area contributed by atoms with Gasteiger partial charge in [-0.3, -0.25) is 0 Å². The minimum Gasteiger partial charge on any atom is -0.337 e. The second-order valence-corrected chi connectivity index (χ2v) is 12.1. The van der Waals surface area contributed by atoms with Gasteiger partial charge in [0.2, 0.25) is 16.0 Å². The predicted octanol–water partition coefficient (Wildman–Crippen LogP) is 5.00. The lowest BCUT2D eigenvalue weighted by Crippen LogP contribution is -2.49. The quantitative estimate of drug-likeness (QED) is 0.357. The SMILES string of the molecule is O=S(=O)(c1ccc(Cl)cc1)N1CCN(c2nc3nccc(-c4ccc(C5CCCCC5)cc4)n3n2)CC1. The number of nitrogens with zero attached hydrogens (tertiary/aromatic N) is 6. The summed E-state index contributed by atoms with van der Waals surface area (Å²) in [6.45, 7) is 1.69. The van der Waals surface area contributed by atoms with Crippen molar-refractivity contribution in [1.82, 2.24) is 23.9 Å². The van der Waals surface area contributed by atoms with Crippen LogP contribution < -0.4 is 4.90 Å². The highest BCUT2D eigenvalue weighted by Gasteiger charge is 2.30. The summed E-state index contributed by atoms with van der Waals surface area (Å²) in [6, 6.07) is 17.1. The molecule has 2 aromatic carbocycles. The van der Waals surface area contributed by atoms with Gasteiger partial charge in [0.1, 0.15) is 0 Å². The molecule has 0 unspecified atom stereocenters. The standard InChI is InChI=1S/C27H29ClN6O2S/c28-23-10-12-24(13-11-23)37(35,36)33-18-16-32(17-19-33)27-30-26-29-15-14-25(34(26)31-27)22-8-6-21(7-9-22)20-4-2-1-3-5-20/h6-15,20H,1-5,16-19H2. The van der Waals surface area contributed by atoms with Crippen molar-refractivity contribution in [3.8, 4) is 11.3 Å². The van der Waals surface area contributed by atoms with E-state index < -0.39 is 10.0 Å². The Balaban J connectivity index is 1.19. The van der Waals surface area contributed by atoms with Gasteiger partial charge in [-0.05, 0) is 54.7 Å². The van der Waals surface area contributed by atoms with Crippen LogP contribution in [-0.4, -0.2) is 58.5 Å². The van der Waals surface area contributed by atoms with E-state index in [0.717, 1.165) is 11.3 Å². The third-order valence-electron chi connectivity index (χ3n) is 7.49. The molecule has 8 nitrogen and oxygen atoms in total. The molecular formula is C27H29ClN6O2S. The second-order valence-electron chi connectivity index (χ2n) is 9.76. The van der Waals surface area contributed by atoms with Crippen molar-refractivity contribution in [2.24, 2.45) is 0 Å². The summed E-state index contributed by atoms with van der Waals surface area (Å²) in [7, 11) is -3.57. The third-order valence-corrected chi connectivity index (χ3v) is 9.65. The average Bonchev–Trinajstić information content (AvgIpc) is 3.39. The van der Waals surface area contributed by atoms with Crippen LogP contribution in [0.5, 0.6) is 0 Å². The van der Waals surface area contributed by atoms with Crippen molar-refractivity contribution >= 4 is 33.4 Å². The highest BCUT2D eigenvalue weighted by molar-refractivity contribution is 7.89. The zero-order valence-electron chi connectivity index (χ0n) is 20.5. The minimum absolute atomic E-state index is 0.250. The number of aromatic nitrogens is 4. The van der Waals surface area contributed by atoms with Crippen LogP contribution in [-0.2, 0) is 10.0 Å². The number of sulfonamides is 1. The lowest BCUT2D eigenvalue weighted by Gasteiger charge is -2.33. The third kappa shape index (κ3) is 4.83. The Bertz CT molecular complexity index is 1490. The van der Waals surface area contributed by atoms with Gasteiger partial charge in [0.15, 0.2) is 0 Å². The van der Waals surface area contributed by atoms with Gasteiger partial charge in [0.05, 0.1) is 10.6 Å². The smallest absolute Gasteiger partial charge is 0.254 e. The van der Waals surface area contributed by atoms with Crippen LogP contribution in [0.3, 0.4) is 0 Å². The number of benzene rings is 2. The first kappa shape index (κ1) is 24.3. The molecule has 1 aliphatic heterocycles. The van der Waals surface area contributed by atoms with Crippen LogP contribution in [0.4, 0.5) is 5.95 Å². The van der Waals surface area contributed by atoms with E-state index >= 15 is 0 Å². The van der Waals surface area contributed by atoms with Gasteiger partial charge in [-0.25, -0.2) is 13.4 Å². The maximum atomic E-state index is 13.0. The summed E-state index contributed by atoms with van der Waals surface area (Å²) < 4.78 is 29.3. The molecule has 2 aromatic heterocycles. The highest BCUT2D eigenvalue weighted by atomic mass is 35.5. The Morgan fingerprint density at radius 2 is 1.54 bits per heavy atom. The Hall–Kier alpha value is -3.01. The van der Waals surface area contributed by atoms with E-state index in [0.29, 0.717) is 48.8 Å². The van der Waals surface area contributed by atoms with Crippen molar-refractivity contribution < 1.29 is 8.42 Å². The zero-order chi connectivity index (χ0) is 25.4. The molecule has 2 fully saturated rings. The van der Waals surface area contributed by atoms with Crippen LogP contribution in [0.15, 0.2) is 65.7 Å². The second kappa shape index (κ2) is 10.0. The summed E-state index contributed by atoms with van der Waals surface area (Å²) in [6.07, 6.45) is 8.31. The molecule has 0 bridgehead atoms. The molecule has 37 heavy (non-hydrogen) atoms. The molecule has 0 amide bonds. The summed E-state index contributed by atoms with van der Waals surface area (Å²) in [5, 5.41) is 5.28. The molecule has 1 saturated heterocycles. The first-order valence-corrected chi connectivity index (χ1v) is 14.6. The summed E-state index contributed by atoms with van der Waals surface area (Å²) in [5.41, 5.74) is 3.42. The molecule has 1 saturated carbocycles. The van der Waals surface area contributed by atoms with Crippen molar-refractivity contribution in [2.75, 3.05) is 31.1 Å². The minimum atomic E-state index is -3.57. The summed E-state index contributed by atoms with van der Waals surface area (Å²) in [5.74, 6) is 1.75. The maximum Gasteiger partial charge on any atom is 0.254 e. The van der Waals surface area contributed by atoms with Crippen LogP contribution >= 0.6 is 11.6 Å². The number of fused-ring (bicyclic) bond motifs is 1. The lowest BCUT2D eigenvalue weighted by atomic mass is 9.84. The molecule has 6 rings (SSSR count). The summed E-state index contributed by atoms with van der Waals surface area (Å²) >= 11 is 5.92. The van der Waals surface area contributed by atoms with E-state index in [2.05, 4.69) is 34.2 Å². The number of hydrogen-bond donors (Lipinski definition) is 0. The average molecular weight is 537 g/mol. The molecule has 2 aliphatic rings. The van der Waals surface area contributed by atoms with Crippen molar-refractivity contribution in [1.29, 1.82) is 0 Å². The maximum absolute atomic E-state index is 13.0. The molecule has 0 spiro atoms. The van der Waals surface area contributed by atoms with Crippen molar-refractivity contribution in [3.05, 3.63) is 71.4 Å². The fraction of sp³-hybridized carbons (Fsp3) is 0.370. The number of piperazine rings is 1. The normalized spacial score (nSPS) is 17.9. The lowest BCUT2D eigenvalue weighted by molar-refractivity contribution is 0.382. The van der Waals surface area contributed by atoms with E-state index in [1.54, 1.807) is 35.0 Å². The van der Waals surface area contributed by atoms with Gasteiger partial charge in [-0.15, -0.1) is 5.10 Å². The topological polar surface area (TPSA) is 83.7 Å². The van der Waals surface area contributed by atoms with Gasteiger partial charge >= 0.3 is 0 Å². The number of hydrogen-bond acceptors (Lipinski definition) is 6. The Morgan fingerprint density at radius 1 is 0.838 bits per heavy atom. The monoisotopic (exact) mass is 536 g/mol. The van der Waals surface area contributed by atoms with Crippen molar-refractivity contribution in [2.45, 2.75) is 42.9 Å². The molecule has 4 aromatic rings. The number of halogens is 1. The van der Waals surface area contributed by atoms with Gasteiger partial charge < -0.3 is 4.90 Å². The molecule has 0 atom stereocenters. The van der Waals surface area contributed by atoms with Crippen molar-refractivity contribution in [3.63, 3.8) is 0 Å². The van der Waals surface area contributed by atoms with E-state index in [1.807, 2.05) is 11.0 Å². The fourth-order valence-electron chi connectivity index (χ4n) is 5.38. The van der Waals surface area contributed by atoms with E-state index in [4.69, 9.17) is 16.7 Å². The first-order chi connectivity index (χ1) is 18.0. The van der Waals surface area contributed by atoms with Crippen LogP contribution in [0.1, 0.15) is 43.6 Å². The Labute approximate surface area is 222 Å². The largest absolute Gasteiger partial charge is 0.337 e. The molecule has 0 N–H and O–H groups in total. The molecule has 0 radical (unpaired) electrons. The molecule has 192 valence electrons. The number of anilines is 1. The number of rotatable bonds is 5. The first-order valence-electron chi connectivity index (χ1n) is 12.8. The van der Waals surface area contributed by atoms with E-state index in [-0.39, 0.29) is 4.90 Å². The van der Waals surface area contributed by atoms with Gasteiger partial charge in [-0.2, -0.15) is 13.8 Å². The molecule has 10 heteroatoms. The molecule has 1 aliphatic carbocycles. The van der Waals surface area contributed by atoms with Crippen LogP contribution in [0, 0.1) is 0 Å². The van der Waals surface area contributed by atoms with E-state index in [1.165, 1.54) is 42.0 Å². The van der Waals surface area contributed by atoms with Gasteiger partial charge in [0, 0.05) is 43.0 Å². The summed E-state index contributed by atoms with van der Waals surface area (Å²) in [4.78, 5) is 11.3. The highest BCUT2D eigenvalue weighted by Crippen LogP contribution is 2.33. The zero-order valence-corrected chi connectivity index (χ0v) is 22.1. The predicted molar refractivity (Wildman–Crippen MR) is 144 cm³/mol. The van der Waals surface area contributed by atoms with Crippen LogP contribution in [0.25, 0.3) is 17.0 Å². The van der Waals surface area contributed by atoms with E-state index in [9.17, 15) is 8.42 Å². The molecule has 3 heterocycles. The Morgan fingerprint density at radius 3 is 2.24 bits per heavy atom. The van der Waals surface area contributed by atoms with Crippen LogP contribution in [0.2, 0.25) is 5.02 Å². The Kier molecular flexibility index (Phi) is 6.60. The van der Waals surface area contributed by atoms with Gasteiger partial charge in [-0.1, -0.05) is 55.1 Å². The molecular weight excluding hydrogens is 508 g/mol. The fourth-order valence-corrected chi connectivity index (χ4v) is 6.93. The van der Waals surface area contributed by atoms with Gasteiger partial charge in [0.25, 0.3) is 5.78 Å².